The summed E-state index contributed by atoms with van der Waals surface area (Å²) < 4.78 is 5.73. The van der Waals surface area contributed by atoms with E-state index in [1.54, 1.807) is 7.11 Å². The maximum atomic E-state index is 9.65. The lowest BCUT2D eigenvalue weighted by atomic mass is 10.1. The Labute approximate surface area is 68.2 Å². The summed E-state index contributed by atoms with van der Waals surface area (Å²) in [6.07, 6.45) is 3.05. The SMILES string of the molecule is COC[N+]1(C)CCCCC1O. The van der Waals surface area contributed by atoms with Crippen molar-refractivity contribution in [1.29, 1.82) is 0 Å². The second-order valence-corrected chi connectivity index (χ2v) is 3.60. The van der Waals surface area contributed by atoms with Gasteiger partial charge in [0.1, 0.15) is 0 Å². The Morgan fingerprint density at radius 1 is 1.55 bits per heavy atom. The van der Waals surface area contributed by atoms with Crippen molar-refractivity contribution in [3.63, 3.8) is 0 Å². The first kappa shape index (κ1) is 8.97. The molecule has 0 aromatic carbocycles. The molecule has 0 radical (unpaired) electrons. The number of quaternary nitrogens is 1. The van der Waals surface area contributed by atoms with Crippen LogP contribution in [0.4, 0.5) is 0 Å². The maximum absolute atomic E-state index is 9.65. The standard InChI is InChI=1S/C8H18NO2/c1-9(7-11-2)6-4-3-5-8(9)10/h8,10H,3-7H2,1-2H3/q+1. The lowest BCUT2D eigenvalue weighted by Crippen LogP contribution is -2.55. The van der Waals surface area contributed by atoms with Crippen molar-refractivity contribution in [1.82, 2.24) is 0 Å². The molecule has 3 nitrogen and oxygen atoms in total. The van der Waals surface area contributed by atoms with Gasteiger partial charge in [-0.25, -0.2) is 0 Å². The van der Waals surface area contributed by atoms with E-state index in [0.29, 0.717) is 11.2 Å². The van der Waals surface area contributed by atoms with E-state index in [4.69, 9.17) is 4.74 Å². The van der Waals surface area contributed by atoms with Gasteiger partial charge >= 0.3 is 0 Å². The van der Waals surface area contributed by atoms with Gasteiger partial charge in [0.2, 0.25) is 0 Å². The summed E-state index contributed by atoms with van der Waals surface area (Å²) in [7, 11) is 3.73. The molecule has 1 heterocycles. The van der Waals surface area contributed by atoms with Gasteiger partial charge in [0, 0.05) is 13.5 Å². The Bertz CT molecular complexity index is 125. The van der Waals surface area contributed by atoms with Crippen molar-refractivity contribution in [2.75, 3.05) is 27.4 Å². The molecule has 0 aromatic heterocycles. The van der Waals surface area contributed by atoms with Crippen LogP contribution in [-0.2, 0) is 4.74 Å². The molecule has 0 aromatic rings. The Hall–Kier alpha value is -0.120. The van der Waals surface area contributed by atoms with E-state index in [0.717, 1.165) is 19.4 Å². The average molecular weight is 160 g/mol. The van der Waals surface area contributed by atoms with Crippen LogP contribution in [0.3, 0.4) is 0 Å². The van der Waals surface area contributed by atoms with Crippen LogP contribution in [0.15, 0.2) is 0 Å². The zero-order valence-electron chi connectivity index (χ0n) is 7.42. The highest BCUT2D eigenvalue weighted by Gasteiger charge is 2.33. The highest BCUT2D eigenvalue weighted by Crippen LogP contribution is 2.21. The van der Waals surface area contributed by atoms with Gasteiger partial charge < -0.3 is 9.84 Å². The van der Waals surface area contributed by atoms with E-state index in [1.165, 1.54) is 6.42 Å². The minimum absolute atomic E-state index is 0.219. The summed E-state index contributed by atoms with van der Waals surface area (Å²) in [5, 5.41) is 9.65. The minimum atomic E-state index is -0.219. The number of piperidine rings is 1. The minimum Gasteiger partial charge on any atom is -0.345 e. The Morgan fingerprint density at radius 3 is 2.82 bits per heavy atom. The third-order valence-electron chi connectivity index (χ3n) is 2.52. The van der Waals surface area contributed by atoms with Gasteiger partial charge in [-0.05, 0) is 12.8 Å². The number of methoxy groups -OCH3 is 1. The Balaban J connectivity index is 2.49. The number of nitrogens with zero attached hydrogens (tertiary/aromatic N) is 1. The molecule has 1 aliphatic heterocycles. The fourth-order valence-corrected chi connectivity index (χ4v) is 1.71. The van der Waals surface area contributed by atoms with Gasteiger partial charge in [-0.15, -0.1) is 0 Å². The van der Waals surface area contributed by atoms with E-state index >= 15 is 0 Å². The molecule has 11 heavy (non-hydrogen) atoms. The van der Waals surface area contributed by atoms with Gasteiger partial charge in [-0.3, -0.25) is 4.48 Å². The summed E-state index contributed by atoms with van der Waals surface area (Å²) in [4.78, 5) is 0. The predicted octanol–water partition coefficient (Wildman–Crippen LogP) is 0.539. The first-order valence-corrected chi connectivity index (χ1v) is 4.20. The first-order valence-electron chi connectivity index (χ1n) is 4.20. The molecule has 1 saturated heterocycles. The van der Waals surface area contributed by atoms with Gasteiger partial charge in [0.25, 0.3) is 0 Å². The van der Waals surface area contributed by atoms with Crippen LogP contribution >= 0.6 is 0 Å². The molecule has 2 unspecified atom stereocenters. The third kappa shape index (κ3) is 1.92. The van der Waals surface area contributed by atoms with E-state index in [2.05, 4.69) is 0 Å². The molecule has 1 N–H and O–H groups in total. The zero-order chi connectivity index (χ0) is 8.32. The molecule has 1 fully saturated rings. The topological polar surface area (TPSA) is 29.5 Å². The van der Waals surface area contributed by atoms with Crippen molar-refractivity contribution in [3.05, 3.63) is 0 Å². The molecule has 1 rings (SSSR count). The van der Waals surface area contributed by atoms with Crippen LogP contribution in [0.5, 0.6) is 0 Å². The molecule has 0 amide bonds. The summed E-state index contributed by atoms with van der Waals surface area (Å²) in [5.41, 5.74) is 0. The van der Waals surface area contributed by atoms with Crippen molar-refractivity contribution in [3.8, 4) is 0 Å². The van der Waals surface area contributed by atoms with Gasteiger partial charge in [-0.2, -0.15) is 0 Å². The molecule has 1 aliphatic rings. The highest BCUT2D eigenvalue weighted by atomic mass is 16.5. The number of ether oxygens (including phenoxy) is 1. The molecular formula is C8H18NO2+. The quantitative estimate of drug-likeness (QED) is 0.597. The lowest BCUT2D eigenvalue weighted by Gasteiger charge is -2.40. The Morgan fingerprint density at radius 2 is 2.27 bits per heavy atom. The predicted molar refractivity (Wildman–Crippen MR) is 42.8 cm³/mol. The summed E-state index contributed by atoms with van der Waals surface area (Å²) in [6.45, 7) is 1.66. The molecule has 66 valence electrons. The molecule has 0 saturated carbocycles. The van der Waals surface area contributed by atoms with Crippen LogP contribution in [0.1, 0.15) is 19.3 Å². The lowest BCUT2D eigenvalue weighted by molar-refractivity contribution is -0.974. The van der Waals surface area contributed by atoms with Crippen molar-refractivity contribution in [2.45, 2.75) is 25.5 Å². The van der Waals surface area contributed by atoms with Crippen molar-refractivity contribution >= 4 is 0 Å². The largest absolute Gasteiger partial charge is 0.345 e. The van der Waals surface area contributed by atoms with Gasteiger partial charge in [-0.1, -0.05) is 0 Å². The van der Waals surface area contributed by atoms with Crippen LogP contribution < -0.4 is 0 Å². The second-order valence-electron chi connectivity index (χ2n) is 3.60. The molecule has 0 bridgehead atoms. The molecule has 0 aliphatic carbocycles. The van der Waals surface area contributed by atoms with Crippen LogP contribution in [0, 0.1) is 0 Å². The van der Waals surface area contributed by atoms with E-state index in [9.17, 15) is 5.11 Å². The third-order valence-corrected chi connectivity index (χ3v) is 2.52. The van der Waals surface area contributed by atoms with E-state index in [-0.39, 0.29) is 6.23 Å². The Kier molecular flexibility index (Phi) is 2.87. The van der Waals surface area contributed by atoms with Crippen LogP contribution in [0.2, 0.25) is 0 Å². The molecular weight excluding hydrogens is 142 g/mol. The normalized spacial score (nSPS) is 39.0. The van der Waals surface area contributed by atoms with E-state index < -0.39 is 0 Å². The maximum Gasteiger partial charge on any atom is 0.192 e. The fourth-order valence-electron chi connectivity index (χ4n) is 1.71. The number of hydrogen-bond acceptors (Lipinski definition) is 2. The summed E-state index contributed by atoms with van der Waals surface area (Å²) in [5.74, 6) is 0. The number of aliphatic hydroxyl groups excluding tert-OH is 1. The highest BCUT2D eigenvalue weighted by molar-refractivity contribution is 4.53. The number of aliphatic hydroxyl groups is 1. The molecule has 0 spiro atoms. The van der Waals surface area contributed by atoms with Crippen LogP contribution in [-0.4, -0.2) is 43.3 Å². The first-order chi connectivity index (χ1) is 5.19. The molecule has 2 atom stereocenters. The number of hydrogen-bond donors (Lipinski definition) is 1. The fraction of sp³-hybridized carbons (Fsp3) is 1.00. The summed E-state index contributed by atoms with van der Waals surface area (Å²) >= 11 is 0. The number of likely N-dealkylation sites (tertiary alicyclic amines) is 1. The average Bonchev–Trinajstić information content (AvgIpc) is 1.96. The van der Waals surface area contributed by atoms with Gasteiger partial charge in [0.15, 0.2) is 13.0 Å². The monoisotopic (exact) mass is 160 g/mol. The van der Waals surface area contributed by atoms with Crippen LogP contribution in [0.25, 0.3) is 0 Å². The molecule has 3 heteroatoms. The number of rotatable bonds is 2. The van der Waals surface area contributed by atoms with Crippen molar-refractivity contribution < 1.29 is 14.3 Å². The van der Waals surface area contributed by atoms with E-state index in [1.807, 2.05) is 7.05 Å². The second kappa shape index (κ2) is 3.52. The van der Waals surface area contributed by atoms with Crippen molar-refractivity contribution in [2.24, 2.45) is 0 Å². The summed E-state index contributed by atoms with van der Waals surface area (Å²) in [6, 6.07) is 0. The smallest absolute Gasteiger partial charge is 0.192 e. The zero-order valence-corrected chi connectivity index (χ0v) is 7.42. The van der Waals surface area contributed by atoms with Gasteiger partial charge in [0.05, 0.1) is 13.6 Å².